The third kappa shape index (κ3) is 6.59. The fourth-order valence-corrected chi connectivity index (χ4v) is 0.340. The van der Waals surface area contributed by atoms with E-state index in [1.54, 1.807) is 0 Å². The number of nitrogens with two attached hydrogens (primary N) is 1. The predicted octanol–water partition coefficient (Wildman–Crippen LogP) is -1.20. The molecule has 0 saturated carbocycles. The number of methoxy groups -OCH3 is 1. The lowest BCUT2D eigenvalue weighted by molar-refractivity contribution is -0.125. The van der Waals surface area contributed by atoms with E-state index in [0.29, 0.717) is 0 Å². The third-order valence-corrected chi connectivity index (χ3v) is 0.759. The smallest absolute Gasteiger partial charge is 0.405 e. The van der Waals surface area contributed by atoms with E-state index in [2.05, 4.69) is 20.5 Å². The van der Waals surface area contributed by atoms with Crippen LogP contribution in [0.15, 0.2) is 0 Å². The first-order valence-corrected chi connectivity index (χ1v) is 2.84. The summed E-state index contributed by atoms with van der Waals surface area (Å²) in [6, 6.07) is 0. The molecule has 0 atom stereocenters. The first kappa shape index (κ1) is 9.70. The molecule has 64 valence electrons. The van der Waals surface area contributed by atoms with Crippen molar-refractivity contribution in [1.82, 2.24) is 5.32 Å². The van der Waals surface area contributed by atoms with Gasteiger partial charge in [-0.25, -0.2) is 4.79 Å². The van der Waals surface area contributed by atoms with Crippen LogP contribution in [-0.4, -0.2) is 32.4 Å². The average Bonchev–Trinajstić information content (AvgIpc) is 1.97. The van der Waals surface area contributed by atoms with E-state index in [1.165, 1.54) is 7.11 Å². The Hall–Kier alpha value is -1.30. The number of hydrogen-bond donors (Lipinski definition) is 2. The molecule has 0 aromatic carbocycles. The minimum absolute atomic E-state index is 0.0843. The fraction of sp³-hybridized carbons (Fsp3) is 0.600. The van der Waals surface area contributed by atoms with Gasteiger partial charge in [0, 0.05) is 7.11 Å². The predicted molar refractivity (Wildman–Crippen MR) is 35.6 cm³/mol. The summed E-state index contributed by atoms with van der Waals surface area (Å²) in [5.41, 5.74) is 4.60. The number of nitrogens with one attached hydrogen (secondary N) is 1. The maximum atomic E-state index is 10.6. The Balaban J connectivity index is 3.30. The second kappa shape index (κ2) is 5.48. The van der Waals surface area contributed by atoms with Crippen LogP contribution in [0.3, 0.4) is 0 Å². The highest BCUT2D eigenvalue weighted by Crippen LogP contribution is 1.73. The van der Waals surface area contributed by atoms with Crippen LogP contribution in [0.5, 0.6) is 0 Å². The number of amides is 2. The second-order valence-electron chi connectivity index (χ2n) is 1.64. The van der Waals surface area contributed by atoms with Crippen molar-refractivity contribution >= 4 is 12.0 Å². The molecule has 0 aromatic heterocycles. The molecule has 0 aliphatic heterocycles. The molecule has 11 heavy (non-hydrogen) atoms. The molecule has 0 saturated heterocycles. The van der Waals surface area contributed by atoms with Gasteiger partial charge < -0.3 is 20.5 Å². The maximum Gasteiger partial charge on any atom is 0.405 e. The van der Waals surface area contributed by atoms with Gasteiger partial charge in [-0.15, -0.1) is 0 Å². The SMILES string of the molecule is COCNC(=O)COC(N)=O. The third-order valence-electron chi connectivity index (χ3n) is 0.759. The van der Waals surface area contributed by atoms with Crippen molar-refractivity contribution in [2.24, 2.45) is 5.73 Å². The molecular weight excluding hydrogens is 152 g/mol. The summed E-state index contributed by atoms with van der Waals surface area (Å²) in [6.45, 7) is -0.292. The zero-order valence-corrected chi connectivity index (χ0v) is 6.12. The summed E-state index contributed by atoms with van der Waals surface area (Å²) in [6.07, 6.45) is -0.974. The van der Waals surface area contributed by atoms with Crippen molar-refractivity contribution in [3.63, 3.8) is 0 Å². The number of rotatable bonds is 4. The number of primary amides is 1. The maximum absolute atomic E-state index is 10.6. The Morgan fingerprint density at radius 1 is 1.55 bits per heavy atom. The van der Waals surface area contributed by atoms with Gasteiger partial charge in [0.25, 0.3) is 5.91 Å². The summed E-state index contributed by atoms with van der Waals surface area (Å²) >= 11 is 0. The quantitative estimate of drug-likeness (QED) is 0.508. The molecule has 0 aromatic rings. The topological polar surface area (TPSA) is 90.7 Å². The number of carbonyl (C=O) groups is 2. The second-order valence-corrected chi connectivity index (χ2v) is 1.64. The average molecular weight is 162 g/mol. The number of hydrogen-bond acceptors (Lipinski definition) is 4. The van der Waals surface area contributed by atoms with Crippen molar-refractivity contribution in [3.8, 4) is 0 Å². The van der Waals surface area contributed by atoms with Gasteiger partial charge in [-0.2, -0.15) is 0 Å². The molecule has 0 bridgehead atoms. The largest absolute Gasteiger partial charge is 0.440 e. The Kier molecular flexibility index (Phi) is 4.83. The van der Waals surface area contributed by atoms with Crippen LogP contribution in [0.1, 0.15) is 0 Å². The van der Waals surface area contributed by atoms with Crippen LogP contribution in [0.25, 0.3) is 0 Å². The minimum Gasteiger partial charge on any atom is -0.440 e. The highest BCUT2D eigenvalue weighted by Gasteiger charge is 2.01. The van der Waals surface area contributed by atoms with Gasteiger partial charge in [0.05, 0.1) is 0 Å². The van der Waals surface area contributed by atoms with E-state index in [0.717, 1.165) is 0 Å². The Morgan fingerprint density at radius 3 is 2.64 bits per heavy atom. The van der Waals surface area contributed by atoms with Crippen LogP contribution < -0.4 is 11.1 Å². The first-order chi connectivity index (χ1) is 5.16. The zero-order valence-electron chi connectivity index (χ0n) is 6.12. The van der Waals surface area contributed by atoms with Crippen LogP contribution in [0, 0.1) is 0 Å². The van der Waals surface area contributed by atoms with Crippen molar-refractivity contribution in [2.45, 2.75) is 0 Å². The Bertz CT molecular complexity index is 147. The van der Waals surface area contributed by atoms with E-state index >= 15 is 0 Å². The van der Waals surface area contributed by atoms with E-state index in [4.69, 9.17) is 0 Å². The summed E-state index contributed by atoms with van der Waals surface area (Å²) in [5, 5.41) is 2.29. The van der Waals surface area contributed by atoms with Gasteiger partial charge in [0.2, 0.25) is 0 Å². The van der Waals surface area contributed by atoms with Gasteiger partial charge >= 0.3 is 6.09 Å². The summed E-state index contributed by atoms with van der Waals surface area (Å²) in [7, 11) is 1.43. The van der Waals surface area contributed by atoms with Crippen molar-refractivity contribution in [3.05, 3.63) is 0 Å². The molecule has 6 heteroatoms. The zero-order chi connectivity index (χ0) is 8.69. The van der Waals surface area contributed by atoms with Gasteiger partial charge in [-0.1, -0.05) is 0 Å². The summed E-state index contributed by atoms with van der Waals surface area (Å²) in [4.78, 5) is 20.5. The molecule has 0 spiro atoms. The van der Waals surface area contributed by atoms with E-state index < -0.39 is 12.0 Å². The first-order valence-electron chi connectivity index (χ1n) is 2.84. The lowest BCUT2D eigenvalue weighted by Gasteiger charge is -2.02. The van der Waals surface area contributed by atoms with Crippen molar-refractivity contribution < 1.29 is 19.1 Å². The molecule has 6 nitrogen and oxygen atoms in total. The van der Waals surface area contributed by atoms with Gasteiger partial charge in [0.1, 0.15) is 6.73 Å². The highest BCUT2D eigenvalue weighted by atomic mass is 16.5. The van der Waals surface area contributed by atoms with Crippen molar-refractivity contribution in [1.29, 1.82) is 0 Å². The van der Waals surface area contributed by atoms with Gasteiger partial charge in [0.15, 0.2) is 6.61 Å². The molecular formula is C5H10N2O4. The Labute approximate surface area is 63.6 Å². The molecule has 0 unspecified atom stereocenters. The molecule has 0 heterocycles. The minimum atomic E-state index is -0.974. The van der Waals surface area contributed by atoms with Crippen molar-refractivity contribution in [2.75, 3.05) is 20.4 Å². The molecule has 0 aliphatic carbocycles. The van der Waals surface area contributed by atoms with E-state index in [-0.39, 0.29) is 13.3 Å². The Morgan fingerprint density at radius 2 is 2.18 bits per heavy atom. The summed E-state index contributed by atoms with van der Waals surface area (Å²) in [5.74, 6) is -0.453. The van der Waals surface area contributed by atoms with Crippen LogP contribution in [0.4, 0.5) is 4.79 Å². The monoisotopic (exact) mass is 162 g/mol. The van der Waals surface area contributed by atoms with Gasteiger partial charge in [-0.05, 0) is 0 Å². The number of carbonyl (C=O) groups excluding carboxylic acids is 2. The lowest BCUT2D eigenvalue weighted by atomic mass is 10.6. The summed E-state index contributed by atoms with van der Waals surface area (Å²) < 4.78 is 8.69. The normalized spacial score (nSPS) is 8.82. The standard InChI is InChI=1S/C5H10N2O4/c1-10-3-7-4(8)2-11-5(6)9/h2-3H2,1H3,(H2,6,9)(H,7,8). The highest BCUT2D eigenvalue weighted by molar-refractivity contribution is 5.79. The fourth-order valence-electron chi connectivity index (χ4n) is 0.340. The van der Waals surface area contributed by atoms with E-state index in [1.807, 2.05) is 0 Å². The molecule has 0 fully saturated rings. The molecule has 0 rings (SSSR count). The lowest BCUT2D eigenvalue weighted by Crippen LogP contribution is -2.31. The van der Waals surface area contributed by atoms with Crippen LogP contribution in [0.2, 0.25) is 0 Å². The molecule has 0 aliphatic rings. The molecule has 3 N–H and O–H groups in total. The number of ether oxygens (including phenoxy) is 2. The molecule has 2 amide bonds. The van der Waals surface area contributed by atoms with Gasteiger partial charge in [-0.3, -0.25) is 4.79 Å². The molecule has 0 radical (unpaired) electrons. The van der Waals surface area contributed by atoms with Crippen LogP contribution in [-0.2, 0) is 14.3 Å². The van der Waals surface area contributed by atoms with E-state index in [9.17, 15) is 9.59 Å². The van der Waals surface area contributed by atoms with Crippen LogP contribution >= 0.6 is 0 Å².